The number of nitrogens with zero attached hydrogens (tertiary/aromatic N) is 1. The molecule has 2 N–H and O–H groups in total. The Morgan fingerprint density at radius 3 is 2.33 bits per heavy atom. The molecule has 2 fully saturated rings. The van der Waals surface area contributed by atoms with Crippen LogP contribution in [0.15, 0.2) is 30.3 Å². The van der Waals surface area contributed by atoms with Crippen molar-refractivity contribution < 1.29 is 19.4 Å². The van der Waals surface area contributed by atoms with E-state index >= 15 is 0 Å². The normalized spacial score (nSPS) is 26.6. The molecule has 6 heteroatoms. The molecular weight excluding hydrogens is 344 g/mol. The fraction of sp³-hybridized carbons (Fsp3) is 0.619. The predicted molar refractivity (Wildman–Crippen MR) is 103 cm³/mol. The Kier molecular flexibility index (Phi) is 6.37. The van der Waals surface area contributed by atoms with Crippen molar-refractivity contribution in [2.75, 3.05) is 26.7 Å². The highest BCUT2D eigenvalue weighted by atomic mass is 16.5. The number of amides is 2. The van der Waals surface area contributed by atoms with Crippen LogP contribution in [0.1, 0.15) is 50.0 Å². The molecule has 0 radical (unpaired) electrons. The molecule has 2 aliphatic rings. The molecule has 1 aromatic carbocycles. The van der Waals surface area contributed by atoms with E-state index in [1.165, 1.54) is 5.56 Å². The zero-order valence-electron chi connectivity index (χ0n) is 16.0. The van der Waals surface area contributed by atoms with Gasteiger partial charge in [0, 0.05) is 26.7 Å². The maximum absolute atomic E-state index is 12.5. The van der Waals surface area contributed by atoms with E-state index in [-0.39, 0.29) is 17.6 Å². The number of benzene rings is 1. The van der Waals surface area contributed by atoms with Gasteiger partial charge in [-0.05, 0) is 50.0 Å². The van der Waals surface area contributed by atoms with Crippen molar-refractivity contribution in [3.05, 3.63) is 35.9 Å². The van der Waals surface area contributed by atoms with Gasteiger partial charge in [0.1, 0.15) is 0 Å². The second-order valence-corrected chi connectivity index (χ2v) is 7.83. The molecule has 6 nitrogen and oxygen atoms in total. The molecule has 1 saturated carbocycles. The fourth-order valence-electron chi connectivity index (χ4n) is 4.33. The Morgan fingerprint density at radius 2 is 1.78 bits per heavy atom. The minimum atomic E-state index is -0.761. The maximum atomic E-state index is 12.5. The Balaban J connectivity index is 1.48. The summed E-state index contributed by atoms with van der Waals surface area (Å²) in [5.74, 6) is -0.531. The van der Waals surface area contributed by atoms with E-state index in [4.69, 9.17) is 9.84 Å². The van der Waals surface area contributed by atoms with Crippen LogP contribution in [0, 0.1) is 5.92 Å². The lowest BCUT2D eigenvalue weighted by molar-refractivity contribution is -0.143. The number of nitrogens with one attached hydrogen (secondary N) is 1. The van der Waals surface area contributed by atoms with E-state index in [1.54, 1.807) is 12.0 Å². The zero-order chi connectivity index (χ0) is 19.3. The molecule has 1 aromatic rings. The molecule has 0 atom stereocenters. The summed E-state index contributed by atoms with van der Waals surface area (Å²) in [7, 11) is 1.73. The van der Waals surface area contributed by atoms with Crippen molar-refractivity contribution in [1.82, 2.24) is 10.2 Å². The molecule has 0 bridgehead atoms. The number of piperidine rings is 1. The first-order chi connectivity index (χ1) is 13.0. The Bertz CT molecular complexity index is 633. The number of methoxy groups -OCH3 is 1. The molecule has 0 spiro atoms. The third kappa shape index (κ3) is 4.80. The third-order valence-electron chi connectivity index (χ3n) is 6.29. The highest BCUT2D eigenvalue weighted by molar-refractivity contribution is 5.75. The van der Waals surface area contributed by atoms with Gasteiger partial charge in [-0.1, -0.05) is 30.3 Å². The van der Waals surface area contributed by atoms with Gasteiger partial charge in [-0.25, -0.2) is 4.79 Å². The van der Waals surface area contributed by atoms with Crippen LogP contribution in [-0.4, -0.2) is 54.4 Å². The van der Waals surface area contributed by atoms with Gasteiger partial charge in [-0.15, -0.1) is 0 Å². The van der Waals surface area contributed by atoms with Gasteiger partial charge in [-0.2, -0.15) is 0 Å². The van der Waals surface area contributed by atoms with Crippen LogP contribution in [-0.2, 0) is 9.53 Å². The number of ether oxygens (including phenoxy) is 1. The summed E-state index contributed by atoms with van der Waals surface area (Å²) in [5, 5.41) is 12.1. The van der Waals surface area contributed by atoms with Gasteiger partial charge in [0.15, 0.2) is 0 Å². The zero-order valence-corrected chi connectivity index (χ0v) is 16.0. The van der Waals surface area contributed by atoms with E-state index in [0.29, 0.717) is 38.4 Å². The SMILES string of the molecule is COC1(CNC(=O)N2CCC(C(=O)O)CC2)CCC(c2ccccc2)CC1. The van der Waals surface area contributed by atoms with Crippen LogP contribution in [0.25, 0.3) is 0 Å². The summed E-state index contributed by atoms with van der Waals surface area (Å²) in [6.45, 7) is 1.50. The molecule has 1 heterocycles. The number of carbonyl (C=O) groups is 2. The smallest absolute Gasteiger partial charge is 0.317 e. The summed E-state index contributed by atoms with van der Waals surface area (Å²) in [4.78, 5) is 25.2. The number of carboxylic acid groups (broad SMARTS) is 1. The van der Waals surface area contributed by atoms with Crippen LogP contribution in [0.4, 0.5) is 4.79 Å². The topological polar surface area (TPSA) is 78.9 Å². The van der Waals surface area contributed by atoms with Gasteiger partial charge in [-0.3, -0.25) is 4.79 Å². The van der Waals surface area contributed by atoms with Crippen LogP contribution < -0.4 is 5.32 Å². The summed E-state index contributed by atoms with van der Waals surface area (Å²) < 4.78 is 5.84. The molecule has 1 saturated heterocycles. The van der Waals surface area contributed by atoms with Crippen molar-refractivity contribution in [2.24, 2.45) is 5.92 Å². The van der Waals surface area contributed by atoms with E-state index in [1.807, 2.05) is 6.07 Å². The van der Waals surface area contributed by atoms with Crippen LogP contribution in [0.5, 0.6) is 0 Å². The number of hydrogen-bond acceptors (Lipinski definition) is 3. The van der Waals surface area contributed by atoms with Crippen LogP contribution in [0.2, 0.25) is 0 Å². The van der Waals surface area contributed by atoms with Gasteiger partial charge in [0.2, 0.25) is 0 Å². The maximum Gasteiger partial charge on any atom is 0.317 e. The number of carboxylic acids is 1. The molecule has 148 valence electrons. The molecule has 3 rings (SSSR count). The van der Waals surface area contributed by atoms with Crippen molar-refractivity contribution in [3.63, 3.8) is 0 Å². The van der Waals surface area contributed by atoms with E-state index in [2.05, 4.69) is 29.6 Å². The van der Waals surface area contributed by atoms with E-state index in [9.17, 15) is 9.59 Å². The highest BCUT2D eigenvalue weighted by Gasteiger charge is 2.37. The van der Waals surface area contributed by atoms with Gasteiger partial charge >= 0.3 is 12.0 Å². The van der Waals surface area contributed by atoms with E-state index in [0.717, 1.165) is 25.7 Å². The lowest BCUT2D eigenvalue weighted by atomic mass is 9.76. The molecule has 0 unspecified atom stereocenters. The average molecular weight is 374 g/mol. The largest absolute Gasteiger partial charge is 0.481 e. The fourth-order valence-corrected chi connectivity index (χ4v) is 4.33. The number of likely N-dealkylation sites (tertiary alicyclic amines) is 1. The highest BCUT2D eigenvalue weighted by Crippen LogP contribution is 2.39. The first-order valence-corrected chi connectivity index (χ1v) is 9.89. The average Bonchev–Trinajstić information content (AvgIpc) is 2.73. The monoisotopic (exact) mass is 374 g/mol. The van der Waals surface area contributed by atoms with Crippen molar-refractivity contribution in [3.8, 4) is 0 Å². The second kappa shape index (κ2) is 8.74. The quantitative estimate of drug-likeness (QED) is 0.829. The number of urea groups is 1. The Morgan fingerprint density at radius 1 is 1.15 bits per heavy atom. The first-order valence-electron chi connectivity index (χ1n) is 9.89. The lowest BCUT2D eigenvalue weighted by Gasteiger charge is -2.40. The summed E-state index contributed by atoms with van der Waals surface area (Å²) in [6, 6.07) is 10.5. The number of rotatable bonds is 5. The van der Waals surface area contributed by atoms with Crippen LogP contribution in [0.3, 0.4) is 0 Å². The second-order valence-electron chi connectivity index (χ2n) is 7.83. The number of aliphatic carboxylic acids is 1. The lowest BCUT2D eigenvalue weighted by Crippen LogP contribution is -2.51. The van der Waals surface area contributed by atoms with E-state index < -0.39 is 5.97 Å². The molecular formula is C21H30N2O4. The first kappa shape index (κ1) is 19.7. The third-order valence-corrected chi connectivity index (χ3v) is 6.29. The van der Waals surface area contributed by atoms with Gasteiger partial charge < -0.3 is 20.1 Å². The van der Waals surface area contributed by atoms with Crippen molar-refractivity contribution in [1.29, 1.82) is 0 Å². The van der Waals surface area contributed by atoms with Crippen molar-refractivity contribution in [2.45, 2.75) is 50.0 Å². The molecule has 1 aliphatic heterocycles. The molecule has 2 amide bonds. The standard InChI is InChI=1S/C21H30N2O4/c1-27-21(11-7-17(8-12-21)16-5-3-2-4-6-16)15-22-20(26)23-13-9-18(10-14-23)19(24)25/h2-6,17-18H,7-15H2,1H3,(H,22,26)(H,24,25). The number of hydrogen-bond donors (Lipinski definition) is 2. The minimum absolute atomic E-state index is 0.111. The predicted octanol–water partition coefficient (Wildman–Crippen LogP) is 3.24. The Labute approximate surface area is 160 Å². The molecule has 27 heavy (non-hydrogen) atoms. The van der Waals surface area contributed by atoms with Gasteiger partial charge in [0.05, 0.1) is 11.5 Å². The van der Waals surface area contributed by atoms with Gasteiger partial charge in [0.25, 0.3) is 0 Å². The Hall–Kier alpha value is -2.08. The molecule has 1 aliphatic carbocycles. The minimum Gasteiger partial charge on any atom is -0.481 e. The molecule has 0 aromatic heterocycles. The number of carbonyl (C=O) groups excluding carboxylic acids is 1. The summed E-state index contributed by atoms with van der Waals surface area (Å²) >= 11 is 0. The van der Waals surface area contributed by atoms with Crippen LogP contribution >= 0.6 is 0 Å². The summed E-state index contributed by atoms with van der Waals surface area (Å²) in [5.41, 5.74) is 1.08. The summed E-state index contributed by atoms with van der Waals surface area (Å²) in [6.07, 6.45) is 5.00. The van der Waals surface area contributed by atoms with Crippen molar-refractivity contribution >= 4 is 12.0 Å².